The fraction of sp³-hybridized carbons (Fsp3) is 0.143. The third kappa shape index (κ3) is 3.28. The molecule has 0 aliphatic carbocycles. The van der Waals surface area contributed by atoms with Gasteiger partial charge in [-0.25, -0.2) is 0 Å². The van der Waals surface area contributed by atoms with Crippen LogP contribution in [0.4, 0.5) is 0 Å². The van der Waals surface area contributed by atoms with Crippen LogP contribution in [0.3, 0.4) is 0 Å². The van der Waals surface area contributed by atoms with Gasteiger partial charge in [-0.3, -0.25) is 4.98 Å². The number of rotatable bonds is 4. The van der Waals surface area contributed by atoms with E-state index in [0.29, 0.717) is 11.7 Å². The lowest BCUT2D eigenvalue weighted by Crippen LogP contribution is -2.33. The van der Waals surface area contributed by atoms with Crippen LogP contribution in [-0.4, -0.2) is 16.6 Å². The summed E-state index contributed by atoms with van der Waals surface area (Å²) in [5.41, 5.74) is 7.70. The molecule has 0 amide bonds. The maximum atomic E-state index is 5.50. The van der Waals surface area contributed by atoms with Crippen molar-refractivity contribution in [1.29, 1.82) is 0 Å². The highest BCUT2D eigenvalue weighted by atomic mass is 32.1. The molecule has 1 heterocycles. The van der Waals surface area contributed by atoms with Crippen molar-refractivity contribution in [3.05, 3.63) is 66.0 Å². The van der Waals surface area contributed by atoms with E-state index in [1.165, 1.54) is 5.56 Å². The summed E-state index contributed by atoms with van der Waals surface area (Å²) in [5.74, 6) is 0.147. The molecule has 1 aromatic carbocycles. The van der Waals surface area contributed by atoms with Gasteiger partial charge < -0.3 is 11.1 Å². The standard InChI is InChI=1S/C14H15N3S/c15-14(18)17-10-12(11-6-2-1-3-7-11)13-8-4-5-9-16-13/h1-9,12H,10H2,(H3,15,17,18). The summed E-state index contributed by atoms with van der Waals surface area (Å²) in [6, 6.07) is 16.1. The predicted molar refractivity (Wildman–Crippen MR) is 77.3 cm³/mol. The van der Waals surface area contributed by atoms with E-state index in [2.05, 4.69) is 22.4 Å². The Morgan fingerprint density at radius 2 is 1.89 bits per heavy atom. The zero-order chi connectivity index (χ0) is 12.8. The van der Waals surface area contributed by atoms with Crippen LogP contribution in [0.1, 0.15) is 17.2 Å². The van der Waals surface area contributed by atoms with Crippen LogP contribution in [0.15, 0.2) is 54.7 Å². The zero-order valence-electron chi connectivity index (χ0n) is 9.91. The smallest absolute Gasteiger partial charge is 0.163 e. The van der Waals surface area contributed by atoms with Crippen molar-refractivity contribution in [3.63, 3.8) is 0 Å². The van der Waals surface area contributed by atoms with Gasteiger partial charge in [0.2, 0.25) is 0 Å². The second kappa shape index (κ2) is 6.12. The number of nitrogens with two attached hydrogens (primary N) is 1. The second-order valence-electron chi connectivity index (χ2n) is 3.96. The maximum Gasteiger partial charge on any atom is 0.163 e. The van der Waals surface area contributed by atoms with E-state index in [1.54, 1.807) is 6.20 Å². The predicted octanol–water partition coefficient (Wildman–Crippen LogP) is 2.05. The maximum absolute atomic E-state index is 5.50. The summed E-state index contributed by atoms with van der Waals surface area (Å²) in [4.78, 5) is 4.41. The SMILES string of the molecule is NC(=S)NCC(c1ccccc1)c1ccccn1. The van der Waals surface area contributed by atoms with Gasteiger partial charge in [-0.2, -0.15) is 0 Å². The molecule has 0 fully saturated rings. The van der Waals surface area contributed by atoms with Gasteiger partial charge in [0, 0.05) is 24.4 Å². The third-order valence-electron chi connectivity index (χ3n) is 2.73. The fourth-order valence-electron chi connectivity index (χ4n) is 1.86. The number of hydrogen-bond donors (Lipinski definition) is 2. The Balaban J connectivity index is 2.26. The Hall–Kier alpha value is -1.94. The normalized spacial score (nSPS) is 11.8. The lowest BCUT2D eigenvalue weighted by atomic mass is 9.95. The van der Waals surface area contributed by atoms with Crippen LogP contribution in [0.2, 0.25) is 0 Å². The fourth-order valence-corrected chi connectivity index (χ4v) is 1.95. The number of hydrogen-bond acceptors (Lipinski definition) is 2. The summed E-state index contributed by atoms with van der Waals surface area (Å²) in [6.07, 6.45) is 1.80. The number of nitrogens with one attached hydrogen (secondary N) is 1. The minimum absolute atomic E-state index is 0.147. The molecule has 3 N–H and O–H groups in total. The third-order valence-corrected chi connectivity index (χ3v) is 2.87. The topological polar surface area (TPSA) is 50.9 Å². The van der Waals surface area contributed by atoms with Crippen molar-refractivity contribution in [3.8, 4) is 0 Å². The van der Waals surface area contributed by atoms with E-state index in [1.807, 2.05) is 36.4 Å². The molecule has 2 aromatic rings. The lowest BCUT2D eigenvalue weighted by molar-refractivity contribution is 0.736. The molecule has 1 unspecified atom stereocenters. The number of aromatic nitrogens is 1. The molecule has 0 bridgehead atoms. The Kier molecular flexibility index (Phi) is 4.25. The molecule has 0 aliphatic heterocycles. The Morgan fingerprint density at radius 3 is 2.50 bits per heavy atom. The number of nitrogens with zero attached hydrogens (tertiary/aromatic N) is 1. The van der Waals surface area contributed by atoms with E-state index in [9.17, 15) is 0 Å². The van der Waals surface area contributed by atoms with Gasteiger partial charge in [0.25, 0.3) is 0 Å². The first-order valence-corrected chi connectivity index (χ1v) is 6.17. The Morgan fingerprint density at radius 1 is 1.17 bits per heavy atom. The molecule has 92 valence electrons. The molecule has 2 rings (SSSR count). The van der Waals surface area contributed by atoms with E-state index >= 15 is 0 Å². The summed E-state index contributed by atoms with van der Waals surface area (Å²) in [6.45, 7) is 0.649. The van der Waals surface area contributed by atoms with Crippen molar-refractivity contribution >= 4 is 17.3 Å². The Bertz CT molecular complexity index is 459. The first-order valence-electron chi connectivity index (χ1n) is 5.76. The summed E-state index contributed by atoms with van der Waals surface area (Å²) >= 11 is 4.86. The van der Waals surface area contributed by atoms with Gasteiger partial charge >= 0.3 is 0 Å². The van der Waals surface area contributed by atoms with Gasteiger partial charge in [-0.05, 0) is 29.9 Å². The largest absolute Gasteiger partial charge is 0.376 e. The Labute approximate surface area is 112 Å². The van der Waals surface area contributed by atoms with E-state index in [-0.39, 0.29) is 5.92 Å². The van der Waals surface area contributed by atoms with Gasteiger partial charge in [0.05, 0.1) is 0 Å². The molecule has 0 spiro atoms. The summed E-state index contributed by atoms with van der Waals surface area (Å²) in [7, 11) is 0. The monoisotopic (exact) mass is 257 g/mol. The van der Waals surface area contributed by atoms with Crippen LogP contribution in [-0.2, 0) is 0 Å². The number of benzene rings is 1. The first kappa shape index (κ1) is 12.5. The van der Waals surface area contributed by atoms with E-state index in [4.69, 9.17) is 18.0 Å². The lowest BCUT2D eigenvalue weighted by Gasteiger charge is -2.17. The van der Waals surface area contributed by atoms with Crippen LogP contribution < -0.4 is 11.1 Å². The molecule has 0 saturated heterocycles. The summed E-state index contributed by atoms with van der Waals surface area (Å²) in [5, 5.41) is 3.32. The highest BCUT2D eigenvalue weighted by molar-refractivity contribution is 7.80. The molecule has 0 aliphatic rings. The quantitative estimate of drug-likeness (QED) is 0.823. The molecular weight excluding hydrogens is 242 g/mol. The van der Waals surface area contributed by atoms with Crippen molar-refractivity contribution in [2.75, 3.05) is 6.54 Å². The highest BCUT2D eigenvalue weighted by Crippen LogP contribution is 2.21. The molecular formula is C14H15N3S. The molecule has 1 atom stereocenters. The van der Waals surface area contributed by atoms with Crippen LogP contribution in [0, 0.1) is 0 Å². The molecule has 0 saturated carbocycles. The number of thiocarbonyl (C=S) groups is 1. The van der Waals surface area contributed by atoms with E-state index in [0.717, 1.165) is 5.69 Å². The highest BCUT2D eigenvalue weighted by Gasteiger charge is 2.14. The molecule has 3 nitrogen and oxygen atoms in total. The van der Waals surface area contributed by atoms with Crippen LogP contribution >= 0.6 is 12.2 Å². The van der Waals surface area contributed by atoms with Gasteiger partial charge in [-0.15, -0.1) is 0 Å². The molecule has 0 radical (unpaired) electrons. The van der Waals surface area contributed by atoms with Crippen molar-refractivity contribution in [1.82, 2.24) is 10.3 Å². The average Bonchev–Trinajstić information content (AvgIpc) is 2.41. The van der Waals surface area contributed by atoms with Crippen molar-refractivity contribution in [2.24, 2.45) is 5.73 Å². The second-order valence-corrected chi connectivity index (χ2v) is 4.40. The first-order chi connectivity index (χ1) is 8.77. The summed E-state index contributed by atoms with van der Waals surface area (Å²) < 4.78 is 0. The van der Waals surface area contributed by atoms with Gasteiger partial charge in [0.1, 0.15) is 0 Å². The van der Waals surface area contributed by atoms with Crippen LogP contribution in [0.25, 0.3) is 0 Å². The molecule has 1 aromatic heterocycles. The van der Waals surface area contributed by atoms with E-state index < -0.39 is 0 Å². The zero-order valence-corrected chi connectivity index (χ0v) is 10.7. The van der Waals surface area contributed by atoms with Crippen LogP contribution in [0.5, 0.6) is 0 Å². The molecule has 4 heteroatoms. The van der Waals surface area contributed by atoms with Crippen molar-refractivity contribution in [2.45, 2.75) is 5.92 Å². The van der Waals surface area contributed by atoms with Gasteiger partial charge in [0.15, 0.2) is 5.11 Å². The van der Waals surface area contributed by atoms with Crippen molar-refractivity contribution < 1.29 is 0 Å². The number of pyridine rings is 1. The minimum Gasteiger partial charge on any atom is -0.376 e. The molecule has 18 heavy (non-hydrogen) atoms. The minimum atomic E-state index is 0.147. The average molecular weight is 257 g/mol. The van der Waals surface area contributed by atoms with Gasteiger partial charge in [-0.1, -0.05) is 36.4 Å².